The number of aromatic nitrogens is 3. The molecule has 4 nitrogen and oxygen atoms in total. The lowest BCUT2D eigenvalue weighted by Crippen LogP contribution is -2.00. The molecule has 0 aliphatic carbocycles. The number of nitrogens with zero attached hydrogens (tertiary/aromatic N) is 3. The average Bonchev–Trinajstić information content (AvgIpc) is 3.87. The van der Waals surface area contributed by atoms with Gasteiger partial charge in [0.05, 0.1) is 0 Å². The third kappa shape index (κ3) is 5.18. The highest BCUT2D eigenvalue weighted by Gasteiger charge is 2.21. The second kappa shape index (κ2) is 13.1. The van der Waals surface area contributed by atoms with E-state index >= 15 is 0 Å². The van der Waals surface area contributed by atoms with Crippen LogP contribution in [0.4, 0.5) is 0 Å². The van der Waals surface area contributed by atoms with E-state index in [1.165, 1.54) is 47.6 Å². The lowest BCUT2D eigenvalue weighted by molar-refractivity contribution is 0.669. The van der Waals surface area contributed by atoms with Crippen LogP contribution in [-0.4, -0.2) is 15.0 Å². The molecular weight excluding hydrogens is 727 g/mol. The van der Waals surface area contributed by atoms with Crippen LogP contribution in [0.2, 0.25) is 0 Å². The minimum atomic E-state index is 0.608. The predicted octanol–water partition coefficient (Wildman–Crippen LogP) is 14.8. The maximum absolute atomic E-state index is 6.69. The summed E-state index contributed by atoms with van der Waals surface area (Å²) >= 11 is 1.82. The average molecular weight is 758 g/mol. The van der Waals surface area contributed by atoms with Crippen molar-refractivity contribution in [3.05, 3.63) is 188 Å². The Hall–Kier alpha value is -7.47. The van der Waals surface area contributed by atoms with Crippen molar-refractivity contribution in [1.82, 2.24) is 15.0 Å². The summed E-state index contributed by atoms with van der Waals surface area (Å²) in [6, 6.07) is 66.1. The summed E-state index contributed by atoms with van der Waals surface area (Å²) in [5.74, 6) is 1.87. The van der Waals surface area contributed by atoms with E-state index in [2.05, 4.69) is 170 Å². The van der Waals surface area contributed by atoms with E-state index in [0.29, 0.717) is 17.5 Å². The number of benzene rings is 9. The summed E-state index contributed by atoms with van der Waals surface area (Å²) in [5.41, 5.74) is 9.20. The first-order valence-corrected chi connectivity index (χ1v) is 20.2. The van der Waals surface area contributed by atoms with Gasteiger partial charge in [0.2, 0.25) is 0 Å². The van der Waals surface area contributed by atoms with Crippen molar-refractivity contribution in [3.8, 4) is 56.4 Å². The predicted molar refractivity (Wildman–Crippen MR) is 242 cm³/mol. The summed E-state index contributed by atoms with van der Waals surface area (Å²) in [6.45, 7) is 0. The van der Waals surface area contributed by atoms with E-state index in [0.717, 1.165) is 55.0 Å². The zero-order valence-electron chi connectivity index (χ0n) is 31.1. The molecule has 0 saturated carbocycles. The fourth-order valence-electron chi connectivity index (χ4n) is 8.66. The van der Waals surface area contributed by atoms with Crippen LogP contribution in [0.25, 0.3) is 120 Å². The monoisotopic (exact) mass is 757 g/mol. The molecular formula is C53H31N3OS. The van der Waals surface area contributed by atoms with E-state index in [9.17, 15) is 0 Å². The molecule has 0 atom stereocenters. The lowest BCUT2D eigenvalue weighted by Gasteiger charge is -2.12. The van der Waals surface area contributed by atoms with Gasteiger partial charge in [0, 0.05) is 47.6 Å². The van der Waals surface area contributed by atoms with Crippen molar-refractivity contribution < 1.29 is 4.42 Å². The second-order valence-corrected chi connectivity index (χ2v) is 15.7. The van der Waals surface area contributed by atoms with Gasteiger partial charge in [-0.15, -0.1) is 11.3 Å². The molecule has 12 aromatic rings. The van der Waals surface area contributed by atoms with Gasteiger partial charge in [0.25, 0.3) is 0 Å². The van der Waals surface area contributed by atoms with Gasteiger partial charge in [-0.25, -0.2) is 15.0 Å². The highest BCUT2D eigenvalue weighted by Crippen LogP contribution is 2.46. The van der Waals surface area contributed by atoms with Gasteiger partial charge in [-0.3, -0.25) is 0 Å². The van der Waals surface area contributed by atoms with Gasteiger partial charge >= 0.3 is 0 Å². The Bertz CT molecular complexity index is 3570. The third-order valence-corrected chi connectivity index (χ3v) is 12.5. The Morgan fingerprint density at radius 2 is 0.983 bits per heavy atom. The van der Waals surface area contributed by atoms with Gasteiger partial charge in [-0.2, -0.15) is 0 Å². The lowest BCUT2D eigenvalue weighted by atomic mass is 9.92. The molecule has 0 fully saturated rings. The Morgan fingerprint density at radius 3 is 1.81 bits per heavy atom. The molecule has 58 heavy (non-hydrogen) atoms. The summed E-state index contributed by atoms with van der Waals surface area (Å²) in [4.78, 5) is 15.7. The second-order valence-electron chi connectivity index (χ2n) is 14.7. The number of hydrogen-bond acceptors (Lipinski definition) is 5. The number of hydrogen-bond donors (Lipinski definition) is 0. The standard InChI is InChI=1S/C53H31N3OS/c1-3-14-33(15-4-1)37-27-28-42(49-41-23-11-12-25-47(41)58-50(37)49)53-55-51(34-17-5-2-6-18-34)54-52(56-53)35-26-29-45-44(30-35)48-40-22-10-9-21-39(40)43(31-46(48)57-45)38-24-13-19-32-16-7-8-20-36(32)38/h1-31H. The van der Waals surface area contributed by atoms with Gasteiger partial charge < -0.3 is 4.42 Å². The van der Waals surface area contributed by atoms with Crippen molar-refractivity contribution >= 4 is 75.0 Å². The Kier molecular flexibility index (Phi) is 7.37. The smallest absolute Gasteiger partial charge is 0.164 e. The number of furan rings is 1. The molecule has 0 radical (unpaired) electrons. The van der Waals surface area contributed by atoms with Crippen molar-refractivity contribution in [2.24, 2.45) is 0 Å². The van der Waals surface area contributed by atoms with E-state index in [4.69, 9.17) is 19.4 Å². The summed E-state index contributed by atoms with van der Waals surface area (Å²) in [6.07, 6.45) is 0. The van der Waals surface area contributed by atoms with Gasteiger partial charge in [-0.1, -0.05) is 152 Å². The van der Waals surface area contributed by atoms with Crippen LogP contribution in [0.15, 0.2) is 192 Å². The van der Waals surface area contributed by atoms with Gasteiger partial charge in [0.15, 0.2) is 17.5 Å². The van der Waals surface area contributed by atoms with Crippen molar-refractivity contribution in [2.75, 3.05) is 0 Å². The van der Waals surface area contributed by atoms with Crippen LogP contribution in [0, 0.1) is 0 Å². The van der Waals surface area contributed by atoms with Crippen LogP contribution in [0.3, 0.4) is 0 Å². The van der Waals surface area contributed by atoms with Crippen LogP contribution < -0.4 is 0 Å². The first-order valence-electron chi connectivity index (χ1n) is 19.4. The number of thiophene rings is 1. The molecule has 3 aromatic heterocycles. The first-order chi connectivity index (χ1) is 28.7. The highest BCUT2D eigenvalue weighted by atomic mass is 32.1. The summed E-state index contributed by atoms with van der Waals surface area (Å²) < 4.78 is 9.13. The number of rotatable bonds is 5. The molecule has 0 bridgehead atoms. The molecule has 0 aliphatic rings. The zero-order chi connectivity index (χ0) is 38.2. The molecule has 0 unspecified atom stereocenters. The van der Waals surface area contributed by atoms with E-state index in [1.807, 2.05) is 29.5 Å². The molecule has 0 N–H and O–H groups in total. The maximum Gasteiger partial charge on any atom is 0.164 e. The van der Waals surface area contributed by atoms with Crippen LogP contribution in [0.1, 0.15) is 0 Å². The molecule has 5 heteroatoms. The fraction of sp³-hybridized carbons (Fsp3) is 0. The molecule has 0 aliphatic heterocycles. The molecule has 9 aromatic carbocycles. The topological polar surface area (TPSA) is 51.8 Å². The maximum atomic E-state index is 6.69. The van der Waals surface area contributed by atoms with E-state index in [-0.39, 0.29) is 0 Å². The molecule has 0 amide bonds. The molecule has 270 valence electrons. The molecule has 0 saturated heterocycles. The van der Waals surface area contributed by atoms with Crippen LogP contribution in [-0.2, 0) is 0 Å². The van der Waals surface area contributed by atoms with E-state index in [1.54, 1.807) is 0 Å². The first kappa shape index (κ1) is 32.7. The minimum absolute atomic E-state index is 0.608. The Balaban J connectivity index is 1.09. The van der Waals surface area contributed by atoms with Gasteiger partial charge in [0.1, 0.15) is 11.2 Å². The minimum Gasteiger partial charge on any atom is -0.456 e. The van der Waals surface area contributed by atoms with Crippen molar-refractivity contribution in [1.29, 1.82) is 0 Å². The quantitative estimate of drug-likeness (QED) is 0.175. The molecule has 12 rings (SSSR count). The SMILES string of the molecule is c1ccc(-c2nc(-c3ccc4oc5cc(-c6cccc7ccccc67)c6ccccc6c5c4c3)nc(-c3ccc(-c4ccccc4)c4sc5ccccc5c34)n2)cc1. The number of fused-ring (bicyclic) bond motifs is 9. The Morgan fingerprint density at radius 1 is 0.345 bits per heavy atom. The summed E-state index contributed by atoms with van der Waals surface area (Å²) in [5, 5.41) is 9.21. The van der Waals surface area contributed by atoms with E-state index < -0.39 is 0 Å². The van der Waals surface area contributed by atoms with Crippen molar-refractivity contribution in [3.63, 3.8) is 0 Å². The molecule has 3 heterocycles. The highest BCUT2D eigenvalue weighted by molar-refractivity contribution is 7.26. The van der Waals surface area contributed by atoms with Crippen molar-refractivity contribution in [2.45, 2.75) is 0 Å². The summed E-state index contributed by atoms with van der Waals surface area (Å²) in [7, 11) is 0. The van der Waals surface area contributed by atoms with Crippen LogP contribution >= 0.6 is 11.3 Å². The normalized spacial score (nSPS) is 11.8. The van der Waals surface area contributed by atoms with Gasteiger partial charge in [-0.05, 0) is 80.2 Å². The van der Waals surface area contributed by atoms with Crippen LogP contribution in [0.5, 0.6) is 0 Å². The zero-order valence-corrected chi connectivity index (χ0v) is 31.9. The Labute approximate surface area is 337 Å². The molecule has 0 spiro atoms. The largest absolute Gasteiger partial charge is 0.456 e. The third-order valence-electron chi connectivity index (χ3n) is 11.3. The fourth-order valence-corrected chi connectivity index (χ4v) is 9.93.